The van der Waals surface area contributed by atoms with E-state index in [4.69, 9.17) is 11.6 Å². The topological polar surface area (TPSA) is 0 Å². The Kier molecular flexibility index (Phi) is 10.0. The van der Waals surface area contributed by atoms with E-state index in [1.54, 1.807) is 0 Å². The lowest BCUT2D eigenvalue weighted by molar-refractivity contribution is 0.375. The molecule has 0 aliphatic heterocycles. The van der Waals surface area contributed by atoms with Gasteiger partial charge in [-0.25, -0.2) is 0 Å². The fourth-order valence-electron chi connectivity index (χ4n) is 3.50. The van der Waals surface area contributed by atoms with Gasteiger partial charge in [0.25, 0.3) is 0 Å². The first kappa shape index (κ1) is 17.3. The van der Waals surface area contributed by atoms with Crippen LogP contribution in [0.1, 0.15) is 97.3 Å². The summed E-state index contributed by atoms with van der Waals surface area (Å²) in [5.74, 6) is 1.69. The molecule has 0 bridgehead atoms. The molecule has 0 saturated heterocycles. The molecule has 114 valence electrons. The van der Waals surface area contributed by atoms with Crippen LogP contribution in [0.4, 0.5) is 0 Å². The highest BCUT2D eigenvalue weighted by Gasteiger charge is 2.30. The van der Waals surface area contributed by atoms with Gasteiger partial charge in [0.15, 0.2) is 0 Å². The lowest BCUT2D eigenvalue weighted by atomic mass is 9.92. The van der Waals surface area contributed by atoms with E-state index in [0.29, 0.717) is 5.38 Å². The normalized spacial score (nSPS) is 27.0. The van der Waals surface area contributed by atoms with Crippen molar-refractivity contribution in [1.82, 2.24) is 0 Å². The van der Waals surface area contributed by atoms with E-state index >= 15 is 0 Å². The second-order valence-corrected chi connectivity index (χ2v) is 7.24. The average molecular weight is 287 g/mol. The van der Waals surface area contributed by atoms with E-state index < -0.39 is 0 Å². The number of hydrogen-bond acceptors (Lipinski definition) is 0. The van der Waals surface area contributed by atoms with Gasteiger partial charge in [-0.3, -0.25) is 0 Å². The molecule has 3 unspecified atom stereocenters. The van der Waals surface area contributed by atoms with Crippen LogP contribution in [0.3, 0.4) is 0 Å². The number of halogens is 1. The first-order chi connectivity index (χ1) is 9.25. The summed E-state index contributed by atoms with van der Waals surface area (Å²) in [5.41, 5.74) is 0. The standard InChI is InChI=1S/C18H35Cl/c1-3-4-5-6-7-8-9-10-11-12-13-17-14-15-18(19)16(17)2/h16-18H,3-15H2,1-2H3. The van der Waals surface area contributed by atoms with Crippen LogP contribution >= 0.6 is 11.6 Å². The number of rotatable bonds is 11. The first-order valence-electron chi connectivity index (χ1n) is 8.89. The van der Waals surface area contributed by atoms with Gasteiger partial charge in [-0.05, 0) is 24.7 Å². The molecule has 0 radical (unpaired) electrons. The molecule has 0 spiro atoms. The Labute approximate surface area is 126 Å². The highest BCUT2D eigenvalue weighted by molar-refractivity contribution is 6.20. The lowest BCUT2D eigenvalue weighted by Crippen LogP contribution is -2.10. The fourth-order valence-corrected chi connectivity index (χ4v) is 3.83. The third-order valence-corrected chi connectivity index (χ3v) is 5.67. The predicted octanol–water partition coefficient (Wildman–Crippen LogP) is 6.95. The molecule has 0 aromatic rings. The molecule has 1 aliphatic carbocycles. The maximum Gasteiger partial charge on any atom is 0.0364 e. The van der Waals surface area contributed by atoms with Crippen molar-refractivity contribution in [2.75, 3.05) is 0 Å². The van der Waals surface area contributed by atoms with E-state index in [0.717, 1.165) is 11.8 Å². The van der Waals surface area contributed by atoms with Gasteiger partial charge in [-0.2, -0.15) is 0 Å². The summed E-state index contributed by atoms with van der Waals surface area (Å²) in [4.78, 5) is 0. The number of alkyl halides is 1. The van der Waals surface area contributed by atoms with E-state index in [2.05, 4.69) is 13.8 Å². The van der Waals surface area contributed by atoms with Crippen molar-refractivity contribution >= 4 is 11.6 Å². The van der Waals surface area contributed by atoms with Crippen molar-refractivity contribution in [3.8, 4) is 0 Å². The summed E-state index contributed by atoms with van der Waals surface area (Å²) in [6, 6.07) is 0. The van der Waals surface area contributed by atoms with Crippen LogP contribution in [0.25, 0.3) is 0 Å². The second-order valence-electron chi connectivity index (χ2n) is 6.68. The summed E-state index contributed by atoms with van der Waals surface area (Å²) >= 11 is 6.29. The Morgan fingerprint density at radius 2 is 1.32 bits per heavy atom. The minimum Gasteiger partial charge on any atom is -0.123 e. The van der Waals surface area contributed by atoms with Crippen molar-refractivity contribution in [1.29, 1.82) is 0 Å². The zero-order valence-corrected chi connectivity index (χ0v) is 14.1. The van der Waals surface area contributed by atoms with Gasteiger partial charge in [0, 0.05) is 5.38 Å². The largest absolute Gasteiger partial charge is 0.123 e. The Morgan fingerprint density at radius 1 is 0.789 bits per heavy atom. The van der Waals surface area contributed by atoms with Gasteiger partial charge < -0.3 is 0 Å². The zero-order chi connectivity index (χ0) is 13.9. The monoisotopic (exact) mass is 286 g/mol. The van der Waals surface area contributed by atoms with Gasteiger partial charge in [0.05, 0.1) is 0 Å². The van der Waals surface area contributed by atoms with Crippen LogP contribution in [0.15, 0.2) is 0 Å². The predicted molar refractivity (Wildman–Crippen MR) is 88.0 cm³/mol. The van der Waals surface area contributed by atoms with Gasteiger partial charge in [0.2, 0.25) is 0 Å². The highest BCUT2D eigenvalue weighted by Crippen LogP contribution is 2.38. The van der Waals surface area contributed by atoms with Crippen LogP contribution < -0.4 is 0 Å². The van der Waals surface area contributed by atoms with Crippen molar-refractivity contribution in [2.45, 2.75) is 103 Å². The third-order valence-electron chi connectivity index (χ3n) is 5.06. The summed E-state index contributed by atoms with van der Waals surface area (Å²) in [7, 11) is 0. The molecule has 3 atom stereocenters. The minimum atomic E-state index is 0.466. The average Bonchev–Trinajstić information content (AvgIpc) is 2.73. The smallest absolute Gasteiger partial charge is 0.0364 e. The lowest BCUT2D eigenvalue weighted by Gasteiger charge is -2.16. The van der Waals surface area contributed by atoms with Crippen LogP contribution in [0, 0.1) is 11.8 Å². The zero-order valence-electron chi connectivity index (χ0n) is 13.3. The molecule has 1 saturated carbocycles. The Hall–Kier alpha value is 0.290. The van der Waals surface area contributed by atoms with Gasteiger partial charge in [-0.1, -0.05) is 84.5 Å². The second kappa shape index (κ2) is 11.0. The van der Waals surface area contributed by atoms with E-state index in [1.807, 2.05) is 0 Å². The molecule has 0 heterocycles. The maximum atomic E-state index is 6.29. The fraction of sp³-hybridized carbons (Fsp3) is 1.00. The molecule has 1 fully saturated rings. The van der Waals surface area contributed by atoms with Gasteiger partial charge in [-0.15, -0.1) is 11.6 Å². The van der Waals surface area contributed by atoms with Crippen molar-refractivity contribution in [3.63, 3.8) is 0 Å². The summed E-state index contributed by atoms with van der Waals surface area (Å²) in [6.45, 7) is 4.64. The summed E-state index contributed by atoms with van der Waals surface area (Å²) in [6.07, 6.45) is 18.5. The number of unbranched alkanes of at least 4 members (excludes halogenated alkanes) is 9. The van der Waals surface area contributed by atoms with Crippen molar-refractivity contribution in [2.24, 2.45) is 11.8 Å². The third kappa shape index (κ3) is 7.59. The molecule has 0 aromatic heterocycles. The minimum absolute atomic E-state index is 0.466. The Morgan fingerprint density at radius 3 is 1.79 bits per heavy atom. The maximum absolute atomic E-state index is 6.29. The van der Waals surface area contributed by atoms with E-state index in [1.165, 1.54) is 83.5 Å². The van der Waals surface area contributed by atoms with Crippen molar-refractivity contribution in [3.05, 3.63) is 0 Å². The van der Waals surface area contributed by atoms with Gasteiger partial charge >= 0.3 is 0 Å². The quantitative estimate of drug-likeness (QED) is 0.285. The van der Waals surface area contributed by atoms with Gasteiger partial charge in [0.1, 0.15) is 0 Å². The number of hydrogen-bond donors (Lipinski definition) is 0. The van der Waals surface area contributed by atoms with Crippen LogP contribution in [-0.4, -0.2) is 5.38 Å². The SMILES string of the molecule is CCCCCCCCCCCCC1CCC(Cl)C1C. The van der Waals surface area contributed by atoms with E-state index in [9.17, 15) is 0 Å². The molecule has 1 rings (SSSR count). The summed E-state index contributed by atoms with van der Waals surface area (Å²) in [5, 5.41) is 0.466. The first-order valence-corrected chi connectivity index (χ1v) is 9.33. The molecule has 0 N–H and O–H groups in total. The highest BCUT2D eigenvalue weighted by atomic mass is 35.5. The Balaban J connectivity index is 1.81. The summed E-state index contributed by atoms with van der Waals surface area (Å²) < 4.78 is 0. The molecule has 0 aromatic carbocycles. The van der Waals surface area contributed by atoms with E-state index in [-0.39, 0.29) is 0 Å². The van der Waals surface area contributed by atoms with Crippen LogP contribution in [0.2, 0.25) is 0 Å². The molecule has 1 aliphatic rings. The van der Waals surface area contributed by atoms with Crippen LogP contribution in [-0.2, 0) is 0 Å². The molecule has 0 amide bonds. The Bertz CT molecular complexity index is 202. The van der Waals surface area contributed by atoms with Crippen molar-refractivity contribution < 1.29 is 0 Å². The molecule has 19 heavy (non-hydrogen) atoms. The molecular formula is C18H35Cl. The molecule has 0 nitrogen and oxygen atoms in total. The molecule has 1 heteroatoms. The van der Waals surface area contributed by atoms with Crippen LogP contribution in [0.5, 0.6) is 0 Å². The molecular weight excluding hydrogens is 252 g/mol.